The maximum Gasteiger partial charge on any atom is 0.164 e. The molecule has 5 heteroatoms. The van der Waals surface area contributed by atoms with E-state index in [1.165, 1.54) is 5.39 Å². The van der Waals surface area contributed by atoms with E-state index in [0.717, 1.165) is 94.1 Å². The molecular weight excluding hydrogens is 757 g/mol. The van der Waals surface area contributed by atoms with Crippen molar-refractivity contribution in [3.05, 3.63) is 218 Å². The van der Waals surface area contributed by atoms with Crippen molar-refractivity contribution in [3.8, 4) is 73.2 Å². The topological polar surface area (TPSA) is 56.7 Å². The van der Waals surface area contributed by atoms with Crippen molar-refractivity contribution in [1.82, 2.24) is 19.5 Å². The van der Waals surface area contributed by atoms with Crippen molar-refractivity contribution >= 4 is 43.7 Å². The molecule has 3 heterocycles. The van der Waals surface area contributed by atoms with Crippen LogP contribution in [0.15, 0.2) is 223 Å². The number of fused-ring (bicyclic) bond motifs is 6. The molecule has 0 spiro atoms. The fourth-order valence-corrected chi connectivity index (χ4v) is 8.94. The Hall–Kier alpha value is -8.41. The van der Waals surface area contributed by atoms with Crippen LogP contribution in [0.3, 0.4) is 0 Å². The molecule has 0 amide bonds. The van der Waals surface area contributed by atoms with Crippen molar-refractivity contribution in [2.24, 2.45) is 0 Å². The van der Waals surface area contributed by atoms with Crippen molar-refractivity contribution in [2.75, 3.05) is 0 Å². The highest BCUT2D eigenvalue weighted by Crippen LogP contribution is 2.42. The predicted octanol–water partition coefficient (Wildman–Crippen LogP) is 14.9. The highest BCUT2D eigenvalue weighted by molar-refractivity contribution is 6.17. The van der Waals surface area contributed by atoms with Gasteiger partial charge < -0.3 is 8.98 Å². The van der Waals surface area contributed by atoms with Crippen molar-refractivity contribution < 1.29 is 4.42 Å². The minimum atomic E-state index is 0.595. The maximum atomic E-state index is 6.65. The van der Waals surface area contributed by atoms with Crippen LogP contribution in [-0.4, -0.2) is 19.5 Å². The van der Waals surface area contributed by atoms with Gasteiger partial charge in [-0.05, 0) is 81.9 Å². The number of furan rings is 1. The molecular formula is C57H36N4O. The summed E-state index contributed by atoms with van der Waals surface area (Å²) >= 11 is 0. The number of benzene rings is 9. The lowest BCUT2D eigenvalue weighted by atomic mass is 9.90. The smallest absolute Gasteiger partial charge is 0.164 e. The van der Waals surface area contributed by atoms with Crippen LogP contribution in [0, 0.1) is 0 Å². The fourth-order valence-electron chi connectivity index (χ4n) is 8.94. The number of aromatic nitrogens is 4. The first-order valence-electron chi connectivity index (χ1n) is 20.8. The first-order valence-corrected chi connectivity index (χ1v) is 20.8. The normalized spacial score (nSPS) is 11.5. The first kappa shape index (κ1) is 35.5. The van der Waals surface area contributed by atoms with Gasteiger partial charge in [0.25, 0.3) is 0 Å². The van der Waals surface area contributed by atoms with E-state index >= 15 is 0 Å². The third kappa shape index (κ3) is 6.06. The third-order valence-electron chi connectivity index (χ3n) is 11.9. The second-order valence-corrected chi connectivity index (χ2v) is 15.6. The van der Waals surface area contributed by atoms with Crippen LogP contribution < -0.4 is 0 Å². The summed E-state index contributed by atoms with van der Waals surface area (Å²) < 4.78 is 9.00. The van der Waals surface area contributed by atoms with E-state index in [1.54, 1.807) is 0 Å². The second kappa shape index (κ2) is 14.7. The van der Waals surface area contributed by atoms with Gasteiger partial charge in [0.05, 0.1) is 11.0 Å². The molecule has 0 saturated heterocycles. The third-order valence-corrected chi connectivity index (χ3v) is 11.9. The predicted molar refractivity (Wildman–Crippen MR) is 254 cm³/mol. The summed E-state index contributed by atoms with van der Waals surface area (Å²) in [5, 5.41) is 4.44. The van der Waals surface area contributed by atoms with E-state index in [1.807, 2.05) is 60.7 Å². The summed E-state index contributed by atoms with van der Waals surface area (Å²) in [5.74, 6) is 1.83. The Labute approximate surface area is 357 Å². The van der Waals surface area contributed by atoms with Gasteiger partial charge in [-0.25, -0.2) is 15.0 Å². The first-order chi connectivity index (χ1) is 30.7. The SMILES string of the molecule is c1ccc(-c2nc(-c3ccccc3)nc(-c3cc(-c4ccccc4-c4ccccc4)ccc3-c3ccc4oc5cc6c7ccccc7n(-c7ccccc7)c6cc5c4c3)n2)cc1. The summed E-state index contributed by atoms with van der Waals surface area (Å²) in [6.45, 7) is 0. The van der Waals surface area contributed by atoms with Crippen LogP contribution in [0.4, 0.5) is 0 Å². The van der Waals surface area contributed by atoms with Crippen LogP contribution in [-0.2, 0) is 0 Å². The second-order valence-electron chi connectivity index (χ2n) is 15.6. The van der Waals surface area contributed by atoms with Crippen LogP contribution in [0.1, 0.15) is 0 Å². The van der Waals surface area contributed by atoms with Gasteiger partial charge in [0.15, 0.2) is 17.5 Å². The van der Waals surface area contributed by atoms with E-state index in [9.17, 15) is 0 Å². The summed E-state index contributed by atoms with van der Waals surface area (Å²) in [6.07, 6.45) is 0. The van der Waals surface area contributed by atoms with Gasteiger partial charge in [-0.3, -0.25) is 0 Å². The Balaban J connectivity index is 1.10. The molecule has 0 fully saturated rings. The maximum absolute atomic E-state index is 6.65. The standard InChI is InChI=1S/C57H36N4O/c1-5-17-37(18-6-1)43-25-13-14-26-44(43)40-29-31-45(50(34-40)57-59-55(38-19-7-2-8-20-38)58-56(60-57)39-21-9-3-10-22-39)41-30-32-53-48(33-41)49-35-52-47(36-54(49)62-53)46-27-15-16-28-51(46)61(52)42-23-11-4-12-24-42/h1-36H. The van der Waals surface area contributed by atoms with Gasteiger partial charge in [0, 0.05) is 43.9 Å². The van der Waals surface area contributed by atoms with Crippen LogP contribution in [0.2, 0.25) is 0 Å². The quantitative estimate of drug-likeness (QED) is 0.161. The number of hydrogen-bond acceptors (Lipinski definition) is 4. The molecule has 0 aliphatic heterocycles. The lowest BCUT2D eigenvalue weighted by Crippen LogP contribution is -2.01. The largest absolute Gasteiger partial charge is 0.456 e. The molecule has 0 aliphatic rings. The van der Waals surface area contributed by atoms with Crippen molar-refractivity contribution in [2.45, 2.75) is 0 Å². The molecule has 62 heavy (non-hydrogen) atoms. The molecule has 5 nitrogen and oxygen atoms in total. The molecule has 9 aromatic carbocycles. The zero-order valence-corrected chi connectivity index (χ0v) is 33.5. The lowest BCUT2D eigenvalue weighted by molar-refractivity contribution is 0.669. The molecule has 290 valence electrons. The van der Waals surface area contributed by atoms with E-state index in [4.69, 9.17) is 19.4 Å². The van der Waals surface area contributed by atoms with E-state index in [0.29, 0.717) is 17.5 Å². The summed E-state index contributed by atoms with van der Waals surface area (Å²) in [6, 6.07) is 76.3. The average Bonchev–Trinajstić information content (AvgIpc) is 3.88. The lowest BCUT2D eigenvalue weighted by Gasteiger charge is -2.16. The van der Waals surface area contributed by atoms with Gasteiger partial charge in [0.1, 0.15) is 11.2 Å². The Kier molecular flexibility index (Phi) is 8.42. The number of rotatable bonds is 7. The van der Waals surface area contributed by atoms with E-state index in [-0.39, 0.29) is 0 Å². The molecule has 0 atom stereocenters. The summed E-state index contributed by atoms with van der Waals surface area (Å²) in [4.78, 5) is 15.5. The molecule has 0 radical (unpaired) electrons. The molecule has 12 rings (SSSR count). The van der Waals surface area contributed by atoms with Gasteiger partial charge in [0.2, 0.25) is 0 Å². The monoisotopic (exact) mass is 792 g/mol. The number of nitrogens with zero attached hydrogens (tertiary/aromatic N) is 4. The van der Waals surface area contributed by atoms with E-state index < -0.39 is 0 Å². The van der Waals surface area contributed by atoms with Crippen LogP contribution in [0.25, 0.3) is 117 Å². The Morgan fingerprint density at radius 1 is 0.290 bits per heavy atom. The Morgan fingerprint density at radius 3 is 1.50 bits per heavy atom. The molecule has 0 unspecified atom stereocenters. The minimum Gasteiger partial charge on any atom is -0.456 e. The fraction of sp³-hybridized carbons (Fsp3) is 0. The zero-order valence-electron chi connectivity index (χ0n) is 33.5. The number of para-hydroxylation sites is 2. The molecule has 0 saturated carbocycles. The van der Waals surface area contributed by atoms with Crippen molar-refractivity contribution in [3.63, 3.8) is 0 Å². The van der Waals surface area contributed by atoms with Gasteiger partial charge in [-0.1, -0.05) is 170 Å². The molecule has 0 bridgehead atoms. The van der Waals surface area contributed by atoms with Gasteiger partial charge in [-0.15, -0.1) is 0 Å². The van der Waals surface area contributed by atoms with Gasteiger partial charge in [-0.2, -0.15) is 0 Å². The van der Waals surface area contributed by atoms with Crippen LogP contribution in [0.5, 0.6) is 0 Å². The summed E-state index contributed by atoms with van der Waals surface area (Å²) in [5.41, 5.74) is 14.4. The molecule has 0 aliphatic carbocycles. The average molecular weight is 793 g/mol. The molecule has 0 N–H and O–H groups in total. The highest BCUT2D eigenvalue weighted by atomic mass is 16.3. The zero-order chi connectivity index (χ0) is 41.0. The van der Waals surface area contributed by atoms with E-state index in [2.05, 4.69) is 162 Å². The number of hydrogen-bond donors (Lipinski definition) is 0. The van der Waals surface area contributed by atoms with Crippen molar-refractivity contribution in [1.29, 1.82) is 0 Å². The molecule has 12 aromatic rings. The van der Waals surface area contributed by atoms with Crippen LogP contribution >= 0.6 is 0 Å². The Bertz CT molecular complexity index is 3560. The summed E-state index contributed by atoms with van der Waals surface area (Å²) in [7, 11) is 0. The van der Waals surface area contributed by atoms with Gasteiger partial charge >= 0.3 is 0 Å². The Morgan fingerprint density at radius 2 is 0.806 bits per heavy atom. The highest BCUT2D eigenvalue weighted by Gasteiger charge is 2.21. The molecule has 3 aromatic heterocycles. The minimum absolute atomic E-state index is 0.595.